The molecule has 0 spiro atoms. The minimum absolute atomic E-state index is 0.204. The fraction of sp³-hybridized carbons (Fsp3) is 0.438. The molecule has 7 nitrogen and oxygen atoms in total. The van der Waals surface area contributed by atoms with E-state index in [0.29, 0.717) is 19.4 Å². The van der Waals surface area contributed by atoms with Crippen molar-refractivity contribution in [3.05, 3.63) is 45.5 Å². The van der Waals surface area contributed by atoms with Crippen LogP contribution in [0.25, 0.3) is 0 Å². The lowest BCUT2D eigenvalue weighted by Crippen LogP contribution is -2.33. The first-order valence-corrected chi connectivity index (χ1v) is 10.3. The highest BCUT2D eigenvalue weighted by atomic mass is 32.2. The van der Waals surface area contributed by atoms with Crippen LogP contribution in [0, 0.1) is 13.8 Å². The molecule has 2 aromatic heterocycles. The Labute approximate surface area is 151 Å². The Bertz CT molecular complexity index is 927. The average Bonchev–Trinajstić information content (AvgIpc) is 2.78. The van der Waals surface area contributed by atoms with Crippen LogP contribution in [0.5, 0.6) is 0 Å². The van der Waals surface area contributed by atoms with Gasteiger partial charge in [0.05, 0.1) is 17.5 Å². The molecule has 0 unspecified atom stereocenters. The Balaban J connectivity index is 2.00. The molecule has 0 amide bonds. The number of hydrogen-bond donors (Lipinski definition) is 1. The maximum absolute atomic E-state index is 10.7. The summed E-state index contributed by atoms with van der Waals surface area (Å²) >= 11 is 1.60. The summed E-state index contributed by atoms with van der Waals surface area (Å²) in [7, 11) is -1.91. The van der Waals surface area contributed by atoms with Crippen LogP contribution in [0.15, 0.2) is 34.7 Å². The highest BCUT2D eigenvalue weighted by molar-refractivity contribution is 7.85. The van der Waals surface area contributed by atoms with E-state index in [1.165, 1.54) is 10.6 Å². The van der Waals surface area contributed by atoms with Crippen LogP contribution < -0.4 is 9.37 Å². The molecule has 0 fully saturated rings. The Kier molecular flexibility index (Phi) is 6.63. The summed E-state index contributed by atoms with van der Waals surface area (Å²) in [6.45, 7) is 4.79. The van der Waals surface area contributed by atoms with E-state index in [1.54, 1.807) is 17.6 Å². The summed E-state index contributed by atoms with van der Waals surface area (Å²) in [6.07, 6.45) is 6.62. The Morgan fingerprint density at radius 2 is 2.12 bits per heavy atom. The van der Waals surface area contributed by atoms with Gasteiger partial charge in [0.25, 0.3) is 10.1 Å². The lowest BCUT2D eigenvalue weighted by molar-refractivity contribution is -0.697. The molecule has 25 heavy (non-hydrogen) atoms. The maximum Gasteiger partial charge on any atom is 0.264 e. The monoisotopic (exact) mass is 383 g/mol. The van der Waals surface area contributed by atoms with E-state index in [2.05, 4.69) is 24.1 Å². The second kappa shape index (κ2) is 8.50. The van der Waals surface area contributed by atoms with Gasteiger partial charge in [-0.15, -0.1) is 16.4 Å². The van der Waals surface area contributed by atoms with Crippen LogP contribution in [0.4, 0.5) is 0 Å². The van der Waals surface area contributed by atoms with Crippen molar-refractivity contribution in [3.8, 4) is 0 Å². The lowest BCUT2D eigenvalue weighted by atomic mass is 10.3. The third kappa shape index (κ3) is 6.18. The molecule has 136 valence electrons. The zero-order chi connectivity index (χ0) is 18.4. The number of hydrogen-bond acceptors (Lipinski definition) is 5. The van der Waals surface area contributed by atoms with Gasteiger partial charge in [-0.1, -0.05) is 0 Å². The number of nitrogens with zero attached hydrogens (tertiary/aromatic N) is 4. The highest BCUT2D eigenvalue weighted by Gasteiger charge is 2.06. The van der Waals surface area contributed by atoms with Gasteiger partial charge in [-0.05, 0) is 26.3 Å². The Hall–Kier alpha value is -1.84. The molecule has 9 heteroatoms. The van der Waals surface area contributed by atoms with Crippen molar-refractivity contribution in [2.75, 3.05) is 5.75 Å². The van der Waals surface area contributed by atoms with Crippen LogP contribution in [-0.2, 0) is 23.7 Å². The smallest absolute Gasteiger partial charge is 0.264 e. The van der Waals surface area contributed by atoms with Crippen molar-refractivity contribution in [1.29, 1.82) is 0 Å². The summed E-state index contributed by atoms with van der Waals surface area (Å²) < 4.78 is 34.1. The van der Waals surface area contributed by atoms with Gasteiger partial charge < -0.3 is 4.57 Å². The van der Waals surface area contributed by atoms with Crippen molar-refractivity contribution in [2.24, 2.45) is 17.3 Å². The van der Waals surface area contributed by atoms with Gasteiger partial charge in [0.2, 0.25) is 4.80 Å². The largest absolute Gasteiger partial charge is 0.322 e. The van der Waals surface area contributed by atoms with Gasteiger partial charge >= 0.3 is 0 Å². The van der Waals surface area contributed by atoms with Gasteiger partial charge in [-0.3, -0.25) is 4.55 Å². The normalized spacial score (nSPS) is 13.0. The molecule has 0 aliphatic carbocycles. The second-order valence-corrected chi connectivity index (χ2v) is 8.55. The van der Waals surface area contributed by atoms with Crippen molar-refractivity contribution >= 4 is 27.7 Å². The van der Waals surface area contributed by atoms with Crippen LogP contribution in [-0.4, -0.2) is 29.5 Å². The van der Waals surface area contributed by atoms with Crippen molar-refractivity contribution in [2.45, 2.75) is 33.2 Å². The quantitative estimate of drug-likeness (QED) is 0.259. The summed E-state index contributed by atoms with van der Waals surface area (Å²) in [6, 6.07) is 3.84. The van der Waals surface area contributed by atoms with E-state index in [0.717, 1.165) is 10.4 Å². The van der Waals surface area contributed by atoms with Gasteiger partial charge in [-0.2, -0.15) is 13.5 Å². The van der Waals surface area contributed by atoms with Crippen LogP contribution in [0.2, 0.25) is 0 Å². The summed E-state index contributed by atoms with van der Waals surface area (Å²) in [4.78, 5) is 2.07. The molecule has 0 bridgehead atoms. The number of pyridine rings is 1. The molecule has 0 atom stereocenters. The van der Waals surface area contributed by atoms with Crippen LogP contribution >= 0.6 is 11.3 Å². The number of aryl methyl sites for hydroxylation is 2. The first-order valence-electron chi connectivity index (χ1n) is 7.90. The van der Waals surface area contributed by atoms with Gasteiger partial charge in [-0.25, -0.2) is 4.57 Å². The van der Waals surface area contributed by atoms with E-state index in [4.69, 9.17) is 4.55 Å². The van der Waals surface area contributed by atoms with E-state index in [1.807, 2.05) is 40.7 Å². The molecule has 2 heterocycles. The number of rotatable bonds is 7. The summed E-state index contributed by atoms with van der Waals surface area (Å²) in [5.41, 5.74) is 2.09. The van der Waals surface area contributed by atoms with E-state index < -0.39 is 10.1 Å². The molecule has 0 aromatic carbocycles. The van der Waals surface area contributed by atoms with E-state index in [9.17, 15) is 8.42 Å². The predicted octanol–water partition coefficient (Wildman–Crippen LogP) is 1.59. The maximum atomic E-state index is 10.7. The standard InChI is InChI=1S/C16H22N4O3S2/c1-13-14(2)24-16(19(13)3)18-17-11-15-7-6-9-20(12-15)8-4-5-10-25(21,22)23/h6-7,9,11-12H,4-5,8,10H2,1-3H3/p+1/b17-11+,18-16-. The van der Waals surface area contributed by atoms with Gasteiger partial charge in [0, 0.05) is 30.1 Å². The first-order chi connectivity index (χ1) is 11.8. The molecule has 0 aliphatic rings. The molecular formula is C16H23N4O3S2+. The summed E-state index contributed by atoms with van der Waals surface area (Å²) in [5.74, 6) is -0.204. The van der Waals surface area contributed by atoms with Crippen molar-refractivity contribution in [3.63, 3.8) is 0 Å². The number of unbranched alkanes of at least 4 members (excludes halogenated alkanes) is 1. The fourth-order valence-corrected chi connectivity index (χ4v) is 3.72. The topological polar surface area (TPSA) is 87.9 Å². The van der Waals surface area contributed by atoms with Crippen LogP contribution in [0.3, 0.4) is 0 Å². The third-order valence-corrected chi connectivity index (χ3v) is 5.79. The van der Waals surface area contributed by atoms with Crippen molar-refractivity contribution in [1.82, 2.24) is 4.57 Å². The zero-order valence-corrected chi connectivity index (χ0v) is 16.2. The van der Waals surface area contributed by atoms with Crippen molar-refractivity contribution < 1.29 is 17.5 Å². The minimum atomic E-state index is -3.87. The molecule has 0 saturated heterocycles. The SMILES string of the molecule is Cc1s/c(=N\N=C\c2ccc[n+](CCCCS(=O)(=O)O)c2)n(C)c1C. The van der Waals surface area contributed by atoms with E-state index >= 15 is 0 Å². The summed E-state index contributed by atoms with van der Waals surface area (Å²) in [5, 5.41) is 8.42. The molecule has 0 aliphatic heterocycles. The van der Waals surface area contributed by atoms with Crippen LogP contribution in [0.1, 0.15) is 29.0 Å². The molecule has 1 N–H and O–H groups in total. The zero-order valence-electron chi connectivity index (χ0n) is 14.6. The molecule has 2 aromatic rings. The van der Waals surface area contributed by atoms with Gasteiger partial charge in [0.1, 0.15) is 6.54 Å². The molecule has 0 radical (unpaired) electrons. The Morgan fingerprint density at radius 3 is 2.76 bits per heavy atom. The second-order valence-electron chi connectivity index (χ2n) is 5.80. The van der Waals surface area contributed by atoms with Gasteiger partial charge in [0.15, 0.2) is 12.4 Å². The first kappa shape index (κ1) is 19.5. The van der Waals surface area contributed by atoms with E-state index in [-0.39, 0.29) is 5.75 Å². The lowest BCUT2D eigenvalue weighted by Gasteiger charge is -1.98. The third-order valence-electron chi connectivity index (χ3n) is 3.84. The number of thiazole rings is 1. The fourth-order valence-electron chi connectivity index (χ4n) is 2.23. The number of aromatic nitrogens is 2. The predicted molar refractivity (Wildman–Crippen MR) is 98.2 cm³/mol. The average molecular weight is 384 g/mol. The molecule has 0 saturated carbocycles. The molecular weight excluding hydrogens is 360 g/mol. The molecule has 2 rings (SSSR count). The Morgan fingerprint density at radius 1 is 1.36 bits per heavy atom. The minimum Gasteiger partial charge on any atom is -0.322 e. The highest BCUT2D eigenvalue weighted by Crippen LogP contribution is 2.07.